The van der Waals surface area contributed by atoms with Crippen molar-refractivity contribution in [1.82, 2.24) is 0 Å². The van der Waals surface area contributed by atoms with Crippen molar-refractivity contribution < 1.29 is 14.6 Å². The minimum Gasteiger partial charge on any atom is -0.462 e. The summed E-state index contributed by atoms with van der Waals surface area (Å²) >= 11 is 0. The molecular formula is C14H22O3. The number of fused-ring (bicyclic) bond motifs is 2. The van der Waals surface area contributed by atoms with Crippen molar-refractivity contribution in [2.75, 3.05) is 6.61 Å². The van der Waals surface area contributed by atoms with Gasteiger partial charge in [-0.25, -0.2) is 0 Å². The highest BCUT2D eigenvalue weighted by molar-refractivity contribution is 5.75. The SMILES string of the molecule is C[C@H]1OC(=O)[C@@H]2C[C@@H]3CCCC[C@H]3[C@H](CO)[C@H]12. The normalized spacial score (nSPS) is 49.4. The fourth-order valence-corrected chi connectivity index (χ4v) is 4.69. The first-order chi connectivity index (χ1) is 8.22. The van der Waals surface area contributed by atoms with Crippen molar-refractivity contribution in [3.8, 4) is 0 Å². The molecule has 0 amide bonds. The van der Waals surface area contributed by atoms with Crippen LogP contribution in [0.5, 0.6) is 0 Å². The predicted octanol–water partition coefficient (Wildman–Crippen LogP) is 1.98. The van der Waals surface area contributed by atoms with Crippen LogP contribution < -0.4 is 0 Å². The van der Waals surface area contributed by atoms with Crippen molar-refractivity contribution in [2.24, 2.45) is 29.6 Å². The highest BCUT2D eigenvalue weighted by Crippen LogP contribution is 2.52. The van der Waals surface area contributed by atoms with E-state index in [0.29, 0.717) is 17.8 Å². The molecule has 3 fully saturated rings. The minimum atomic E-state index is -0.00928. The molecule has 3 heteroatoms. The Morgan fingerprint density at radius 2 is 2.12 bits per heavy atom. The largest absolute Gasteiger partial charge is 0.462 e. The zero-order valence-electron chi connectivity index (χ0n) is 10.5. The number of ether oxygens (including phenoxy) is 1. The van der Waals surface area contributed by atoms with E-state index in [9.17, 15) is 9.90 Å². The molecule has 0 bridgehead atoms. The molecule has 0 aromatic heterocycles. The summed E-state index contributed by atoms with van der Waals surface area (Å²) in [5, 5.41) is 9.71. The Morgan fingerprint density at radius 1 is 1.35 bits per heavy atom. The molecule has 0 aromatic rings. The van der Waals surface area contributed by atoms with Gasteiger partial charge < -0.3 is 9.84 Å². The second-order valence-corrected chi connectivity index (χ2v) is 6.12. The topological polar surface area (TPSA) is 46.5 Å². The number of esters is 1. The lowest BCUT2D eigenvalue weighted by atomic mass is 9.58. The van der Waals surface area contributed by atoms with Gasteiger partial charge in [0, 0.05) is 12.5 Å². The summed E-state index contributed by atoms with van der Waals surface area (Å²) in [4.78, 5) is 11.9. The quantitative estimate of drug-likeness (QED) is 0.711. The average molecular weight is 238 g/mol. The molecule has 6 atom stereocenters. The molecule has 3 nitrogen and oxygen atoms in total. The van der Waals surface area contributed by atoms with E-state index in [1.165, 1.54) is 25.7 Å². The third-order valence-electron chi connectivity index (χ3n) is 5.39. The first-order valence-corrected chi connectivity index (χ1v) is 7.03. The lowest BCUT2D eigenvalue weighted by Gasteiger charge is -2.46. The number of hydrogen-bond donors (Lipinski definition) is 1. The van der Waals surface area contributed by atoms with Gasteiger partial charge in [0.2, 0.25) is 0 Å². The summed E-state index contributed by atoms with van der Waals surface area (Å²) in [7, 11) is 0. The molecule has 1 heterocycles. The molecule has 3 rings (SSSR count). The van der Waals surface area contributed by atoms with E-state index in [-0.39, 0.29) is 30.5 Å². The van der Waals surface area contributed by atoms with Gasteiger partial charge in [0.15, 0.2) is 0 Å². The molecule has 2 saturated carbocycles. The number of aliphatic hydroxyl groups excluding tert-OH is 1. The Bertz CT molecular complexity index is 315. The van der Waals surface area contributed by atoms with Crippen LogP contribution in [0.3, 0.4) is 0 Å². The van der Waals surface area contributed by atoms with Gasteiger partial charge in [-0.1, -0.05) is 19.3 Å². The molecule has 1 N–H and O–H groups in total. The number of carbonyl (C=O) groups excluding carboxylic acids is 1. The maximum atomic E-state index is 11.9. The van der Waals surface area contributed by atoms with Gasteiger partial charge in [-0.05, 0) is 37.5 Å². The molecule has 2 aliphatic carbocycles. The smallest absolute Gasteiger partial charge is 0.309 e. The van der Waals surface area contributed by atoms with E-state index < -0.39 is 0 Å². The maximum Gasteiger partial charge on any atom is 0.309 e. The molecule has 0 radical (unpaired) electrons. The monoisotopic (exact) mass is 238 g/mol. The highest BCUT2D eigenvalue weighted by Gasteiger charge is 2.54. The van der Waals surface area contributed by atoms with Crippen LogP contribution in [-0.4, -0.2) is 23.8 Å². The van der Waals surface area contributed by atoms with Crippen molar-refractivity contribution in [1.29, 1.82) is 0 Å². The summed E-state index contributed by atoms with van der Waals surface area (Å²) in [6, 6.07) is 0. The van der Waals surface area contributed by atoms with Gasteiger partial charge in [0.1, 0.15) is 6.10 Å². The van der Waals surface area contributed by atoms with Gasteiger partial charge in [-0.2, -0.15) is 0 Å². The van der Waals surface area contributed by atoms with E-state index in [2.05, 4.69) is 0 Å². The number of rotatable bonds is 1. The molecule has 96 valence electrons. The number of hydrogen-bond acceptors (Lipinski definition) is 3. The van der Waals surface area contributed by atoms with E-state index in [1.807, 2.05) is 6.92 Å². The second kappa shape index (κ2) is 4.27. The lowest BCUT2D eigenvalue weighted by molar-refractivity contribution is -0.144. The zero-order chi connectivity index (χ0) is 12.0. The fraction of sp³-hybridized carbons (Fsp3) is 0.929. The summed E-state index contributed by atoms with van der Waals surface area (Å²) in [6.45, 7) is 2.22. The first kappa shape index (κ1) is 11.5. The van der Waals surface area contributed by atoms with Gasteiger partial charge in [-0.3, -0.25) is 4.79 Å². The lowest BCUT2D eigenvalue weighted by Crippen LogP contribution is -2.45. The molecule has 0 aromatic carbocycles. The van der Waals surface area contributed by atoms with Crippen LogP contribution in [0.15, 0.2) is 0 Å². The van der Waals surface area contributed by atoms with Crippen LogP contribution in [0, 0.1) is 29.6 Å². The fourth-order valence-electron chi connectivity index (χ4n) is 4.69. The summed E-state index contributed by atoms with van der Waals surface area (Å²) in [5.41, 5.74) is 0. The standard InChI is InChI=1S/C14H22O3/c1-8-13-11(14(16)17-8)6-9-4-2-3-5-10(9)12(13)7-15/h8-13,15H,2-7H2,1H3/t8-,9+,10-,11-,12+,13-/m1/s1. The van der Waals surface area contributed by atoms with Gasteiger partial charge in [0.05, 0.1) is 5.92 Å². The van der Waals surface area contributed by atoms with Crippen LogP contribution in [0.2, 0.25) is 0 Å². The van der Waals surface area contributed by atoms with Gasteiger partial charge >= 0.3 is 5.97 Å². The molecule has 0 spiro atoms. The zero-order valence-corrected chi connectivity index (χ0v) is 10.5. The summed E-state index contributed by atoms with van der Waals surface area (Å²) in [5.74, 6) is 1.91. The predicted molar refractivity (Wildman–Crippen MR) is 63.2 cm³/mol. The van der Waals surface area contributed by atoms with Crippen LogP contribution in [0.4, 0.5) is 0 Å². The second-order valence-electron chi connectivity index (χ2n) is 6.12. The third-order valence-corrected chi connectivity index (χ3v) is 5.39. The minimum absolute atomic E-state index is 0.00697. The molecule has 3 aliphatic rings. The van der Waals surface area contributed by atoms with E-state index >= 15 is 0 Å². The van der Waals surface area contributed by atoms with E-state index in [0.717, 1.165) is 6.42 Å². The Hall–Kier alpha value is -0.570. The van der Waals surface area contributed by atoms with Crippen molar-refractivity contribution in [3.63, 3.8) is 0 Å². The van der Waals surface area contributed by atoms with Gasteiger partial charge in [-0.15, -0.1) is 0 Å². The number of aliphatic hydroxyl groups is 1. The Labute approximate surface area is 103 Å². The molecule has 1 saturated heterocycles. The summed E-state index contributed by atoms with van der Waals surface area (Å²) < 4.78 is 5.40. The molecule has 1 aliphatic heterocycles. The van der Waals surface area contributed by atoms with Crippen molar-refractivity contribution in [2.45, 2.75) is 45.1 Å². The van der Waals surface area contributed by atoms with Crippen molar-refractivity contribution >= 4 is 5.97 Å². The average Bonchev–Trinajstić information content (AvgIpc) is 2.62. The van der Waals surface area contributed by atoms with Crippen LogP contribution in [0.25, 0.3) is 0 Å². The van der Waals surface area contributed by atoms with Crippen molar-refractivity contribution in [3.05, 3.63) is 0 Å². The Balaban J connectivity index is 1.88. The Morgan fingerprint density at radius 3 is 2.88 bits per heavy atom. The van der Waals surface area contributed by atoms with E-state index in [1.54, 1.807) is 0 Å². The number of carbonyl (C=O) groups is 1. The highest BCUT2D eigenvalue weighted by atomic mass is 16.6. The van der Waals surface area contributed by atoms with Crippen LogP contribution in [-0.2, 0) is 9.53 Å². The van der Waals surface area contributed by atoms with Crippen LogP contribution in [0.1, 0.15) is 39.0 Å². The maximum absolute atomic E-state index is 11.9. The molecule has 0 unspecified atom stereocenters. The Kier molecular flexibility index (Phi) is 2.89. The first-order valence-electron chi connectivity index (χ1n) is 7.03. The molecule has 17 heavy (non-hydrogen) atoms. The van der Waals surface area contributed by atoms with Crippen LogP contribution >= 0.6 is 0 Å². The third kappa shape index (κ3) is 1.70. The van der Waals surface area contributed by atoms with Gasteiger partial charge in [0.25, 0.3) is 0 Å². The molecular weight excluding hydrogens is 216 g/mol. The number of cyclic esters (lactones) is 1. The summed E-state index contributed by atoms with van der Waals surface area (Å²) in [6.07, 6.45) is 6.08. The van der Waals surface area contributed by atoms with E-state index in [4.69, 9.17) is 4.74 Å².